The van der Waals surface area contributed by atoms with Crippen LogP contribution in [0.25, 0.3) is 10.9 Å². The van der Waals surface area contributed by atoms with Crippen LogP contribution in [-0.4, -0.2) is 21.6 Å². The maximum absolute atomic E-state index is 11.1. The van der Waals surface area contributed by atoms with Crippen LogP contribution in [-0.2, 0) is 0 Å². The van der Waals surface area contributed by atoms with E-state index in [9.17, 15) is 9.59 Å². The topological polar surface area (TPSA) is 59.3 Å². The summed E-state index contributed by atoms with van der Waals surface area (Å²) in [6.07, 6.45) is 0.442. The molecule has 0 aliphatic carbocycles. The third kappa shape index (κ3) is 1.50. The standard InChI is InChI=1S/C11H9NO3/c1-7(13)8-2-3-10-9(6-8)4-5-12(10)11(14)15/h2-6H,1H3,(H,14,15). The van der Waals surface area contributed by atoms with Gasteiger partial charge in [-0.2, -0.15) is 0 Å². The molecule has 4 heteroatoms. The van der Waals surface area contributed by atoms with Crippen LogP contribution in [0.5, 0.6) is 0 Å². The highest BCUT2D eigenvalue weighted by Crippen LogP contribution is 2.17. The van der Waals surface area contributed by atoms with E-state index in [-0.39, 0.29) is 5.78 Å². The molecule has 0 aliphatic heterocycles. The summed E-state index contributed by atoms with van der Waals surface area (Å²) in [6, 6.07) is 6.64. The normalized spacial score (nSPS) is 10.5. The molecule has 2 aromatic rings. The molecule has 0 bridgehead atoms. The van der Waals surface area contributed by atoms with Crippen LogP contribution in [0.3, 0.4) is 0 Å². The van der Waals surface area contributed by atoms with Gasteiger partial charge in [0.25, 0.3) is 0 Å². The highest BCUT2D eigenvalue weighted by Gasteiger charge is 2.08. The van der Waals surface area contributed by atoms with Gasteiger partial charge >= 0.3 is 6.09 Å². The molecular weight excluding hydrogens is 194 g/mol. The summed E-state index contributed by atoms with van der Waals surface area (Å²) in [7, 11) is 0. The third-order valence-electron chi connectivity index (χ3n) is 2.30. The fourth-order valence-corrected chi connectivity index (χ4v) is 1.53. The Morgan fingerprint density at radius 3 is 2.60 bits per heavy atom. The number of carboxylic acid groups (broad SMARTS) is 1. The number of fused-ring (bicyclic) bond motifs is 1. The maximum Gasteiger partial charge on any atom is 0.415 e. The molecule has 1 N–H and O–H groups in total. The van der Waals surface area contributed by atoms with Gasteiger partial charge in [-0.15, -0.1) is 0 Å². The molecular formula is C11H9NO3. The molecule has 0 saturated carbocycles. The Bertz CT molecular complexity index is 554. The summed E-state index contributed by atoms with van der Waals surface area (Å²) in [6.45, 7) is 1.48. The second-order valence-corrected chi connectivity index (χ2v) is 3.30. The smallest absolute Gasteiger partial charge is 0.415 e. The average molecular weight is 203 g/mol. The Balaban J connectivity index is 2.66. The van der Waals surface area contributed by atoms with Gasteiger partial charge in [0.1, 0.15) is 0 Å². The van der Waals surface area contributed by atoms with Crippen LogP contribution >= 0.6 is 0 Å². The van der Waals surface area contributed by atoms with Crippen molar-refractivity contribution in [1.29, 1.82) is 0 Å². The van der Waals surface area contributed by atoms with Gasteiger partial charge in [-0.1, -0.05) is 0 Å². The van der Waals surface area contributed by atoms with Crippen molar-refractivity contribution in [3.8, 4) is 0 Å². The van der Waals surface area contributed by atoms with Crippen molar-refractivity contribution in [2.75, 3.05) is 0 Å². The van der Waals surface area contributed by atoms with Crippen LogP contribution in [0.15, 0.2) is 30.5 Å². The maximum atomic E-state index is 11.1. The van der Waals surface area contributed by atoms with E-state index < -0.39 is 6.09 Å². The number of hydrogen-bond acceptors (Lipinski definition) is 2. The first-order valence-electron chi connectivity index (χ1n) is 4.45. The zero-order valence-corrected chi connectivity index (χ0v) is 8.10. The zero-order valence-electron chi connectivity index (χ0n) is 8.10. The van der Waals surface area contributed by atoms with Crippen LogP contribution in [0.4, 0.5) is 4.79 Å². The van der Waals surface area contributed by atoms with E-state index in [2.05, 4.69) is 0 Å². The number of rotatable bonds is 1. The molecule has 0 atom stereocenters. The predicted molar refractivity (Wildman–Crippen MR) is 55.4 cm³/mol. The number of Topliss-reactive ketones (excluding diaryl/α,β-unsaturated/α-hetero) is 1. The molecule has 0 unspecified atom stereocenters. The minimum absolute atomic E-state index is 0.0278. The lowest BCUT2D eigenvalue weighted by molar-refractivity contribution is 0.101. The minimum atomic E-state index is -1.03. The molecule has 0 saturated heterocycles. The van der Waals surface area contributed by atoms with Gasteiger partial charge in [0.05, 0.1) is 5.52 Å². The Hall–Kier alpha value is -2.10. The molecule has 76 valence electrons. The Kier molecular flexibility index (Phi) is 2.04. The molecule has 4 nitrogen and oxygen atoms in total. The van der Waals surface area contributed by atoms with Crippen LogP contribution in [0.1, 0.15) is 17.3 Å². The highest BCUT2D eigenvalue weighted by atomic mass is 16.4. The first-order valence-corrected chi connectivity index (χ1v) is 4.45. The monoisotopic (exact) mass is 203 g/mol. The molecule has 15 heavy (non-hydrogen) atoms. The Morgan fingerprint density at radius 2 is 2.00 bits per heavy atom. The van der Waals surface area contributed by atoms with Crippen molar-refractivity contribution in [1.82, 2.24) is 4.57 Å². The van der Waals surface area contributed by atoms with E-state index in [4.69, 9.17) is 5.11 Å². The van der Waals surface area contributed by atoms with Gasteiger partial charge in [0.2, 0.25) is 0 Å². The van der Waals surface area contributed by atoms with Gasteiger partial charge in [-0.3, -0.25) is 9.36 Å². The zero-order chi connectivity index (χ0) is 11.0. The number of carbonyl (C=O) groups is 2. The molecule has 1 aromatic heterocycles. The molecule has 0 amide bonds. The predicted octanol–water partition coefficient (Wildman–Crippen LogP) is 2.37. The summed E-state index contributed by atoms with van der Waals surface area (Å²) in [5, 5.41) is 9.60. The molecule has 0 fully saturated rings. The summed E-state index contributed by atoms with van der Waals surface area (Å²) >= 11 is 0. The Labute approximate surface area is 85.7 Å². The van der Waals surface area contributed by atoms with Gasteiger partial charge in [0.15, 0.2) is 5.78 Å². The van der Waals surface area contributed by atoms with E-state index in [1.165, 1.54) is 13.1 Å². The number of hydrogen-bond donors (Lipinski definition) is 1. The highest BCUT2D eigenvalue weighted by molar-refractivity contribution is 5.99. The first-order chi connectivity index (χ1) is 7.09. The minimum Gasteiger partial charge on any atom is -0.464 e. The van der Waals surface area contributed by atoms with Crippen molar-refractivity contribution in [2.24, 2.45) is 0 Å². The van der Waals surface area contributed by atoms with E-state index in [1.54, 1.807) is 24.3 Å². The lowest BCUT2D eigenvalue weighted by Crippen LogP contribution is -2.05. The summed E-state index contributed by atoms with van der Waals surface area (Å²) in [4.78, 5) is 21.9. The van der Waals surface area contributed by atoms with Crippen molar-refractivity contribution in [3.05, 3.63) is 36.0 Å². The molecule has 0 aliphatic rings. The van der Waals surface area contributed by atoms with E-state index in [1.807, 2.05) is 0 Å². The van der Waals surface area contributed by atoms with Gasteiger partial charge in [-0.25, -0.2) is 4.79 Å². The van der Waals surface area contributed by atoms with Gasteiger partial charge in [0, 0.05) is 17.1 Å². The second-order valence-electron chi connectivity index (χ2n) is 3.30. The average Bonchev–Trinajstić information content (AvgIpc) is 2.59. The largest absolute Gasteiger partial charge is 0.464 e. The van der Waals surface area contributed by atoms with Crippen LogP contribution in [0.2, 0.25) is 0 Å². The second kappa shape index (κ2) is 3.24. The SMILES string of the molecule is CC(=O)c1ccc2c(ccn2C(=O)O)c1. The molecule has 1 heterocycles. The number of carbonyl (C=O) groups excluding carboxylic acids is 1. The molecule has 0 spiro atoms. The number of ketones is 1. The number of aromatic nitrogens is 1. The third-order valence-corrected chi connectivity index (χ3v) is 2.30. The lowest BCUT2D eigenvalue weighted by Gasteiger charge is -1.99. The first kappa shape index (κ1) is 9.45. The fraction of sp³-hybridized carbons (Fsp3) is 0.0909. The van der Waals surface area contributed by atoms with Crippen molar-refractivity contribution in [2.45, 2.75) is 6.92 Å². The molecule has 1 aromatic carbocycles. The summed E-state index contributed by atoms with van der Waals surface area (Å²) in [5.74, 6) is -0.0278. The summed E-state index contributed by atoms with van der Waals surface area (Å²) in [5.41, 5.74) is 1.18. The molecule has 0 radical (unpaired) electrons. The van der Waals surface area contributed by atoms with Crippen LogP contribution < -0.4 is 0 Å². The Morgan fingerprint density at radius 1 is 1.27 bits per heavy atom. The fourth-order valence-electron chi connectivity index (χ4n) is 1.53. The quantitative estimate of drug-likeness (QED) is 0.724. The van der Waals surface area contributed by atoms with E-state index in [0.717, 1.165) is 9.95 Å². The van der Waals surface area contributed by atoms with E-state index in [0.29, 0.717) is 11.1 Å². The van der Waals surface area contributed by atoms with Gasteiger partial charge in [-0.05, 0) is 31.2 Å². The number of nitrogens with zero attached hydrogens (tertiary/aromatic N) is 1. The van der Waals surface area contributed by atoms with Crippen molar-refractivity contribution >= 4 is 22.8 Å². The van der Waals surface area contributed by atoms with Crippen molar-refractivity contribution < 1.29 is 14.7 Å². The lowest BCUT2D eigenvalue weighted by atomic mass is 10.1. The number of benzene rings is 1. The van der Waals surface area contributed by atoms with E-state index >= 15 is 0 Å². The van der Waals surface area contributed by atoms with Crippen LogP contribution in [0, 0.1) is 0 Å². The van der Waals surface area contributed by atoms with Crippen molar-refractivity contribution in [3.63, 3.8) is 0 Å². The summed E-state index contributed by atoms with van der Waals surface area (Å²) < 4.78 is 1.12. The molecule has 2 rings (SSSR count). The van der Waals surface area contributed by atoms with Gasteiger partial charge < -0.3 is 5.11 Å².